The van der Waals surface area contributed by atoms with Crippen molar-refractivity contribution in [3.63, 3.8) is 0 Å². The molecule has 8 nitrogen and oxygen atoms in total. The molecule has 1 aliphatic carbocycles. The predicted molar refractivity (Wildman–Crippen MR) is 77.5 cm³/mol. The number of nitrogens with zero attached hydrogens (tertiary/aromatic N) is 4. The van der Waals surface area contributed by atoms with E-state index in [9.17, 15) is 9.59 Å². The highest BCUT2D eigenvalue weighted by molar-refractivity contribution is 5.93. The standard InChI is InChI=1S/C14H16N6O2/c21-13(16-7-10-3-5-15-6-4-10)9-20-8-12(18-19-20)17-14(22)11-1-2-11/h3-6,8,11H,1-2,7,9H2,(H,16,21)(H,17,22). The van der Waals surface area contributed by atoms with Crippen molar-refractivity contribution in [2.45, 2.75) is 25.9 Å². The van der Waals surface area contributed by atoms with Crippen molar-refractivity contribution >= 4 is 17.6 Å². The fourth-order valence-electron chi connectivity index (χ4n) is 1.91. The van der Waals surface area contributed by atoms with E-state index in [4.69, 9.17) is 0 Å². The Hall–Kier alpha value is -2.77. The summed E-state index contributed by atoms with van der Waals surface area (Å²) in [5.41, 5.74) is 0.972. The second kappa shape index (κ2) is 6.33. The number of hydrogen-bond donors (Lipinski definition) is 2. The average Bonchev–Trinajstić information content (AvgIpc) is 3.29. The van der Waals surface area contributed by atoms with Gasteiger partial charge in [-0.05, 0) is 30.5 Å². The summed E-state index contributed by atoms with van der Waals surface area (Å²) < 4.78 is 1.39. The molecule has 2 aromatic heterocycles. The van der Waals surface area contributed by atoms with Crippen LogP contribution in [0.25, 0.3) is 0 Å². The van der Waals surface area contributed by atoms with Crippen LogP contribution in [0, 0.1) is 5.92 Å². The Kier molecular flexibility index (Phi) is 4.08. The van der Waals surface area contributed by atoms with Gasteiger partial charge in [0, 0.05) is 24.9 Å². The van der Waals surface area contributed by atoms with E-state index >= 15 is 0 Å². The lowest BCUT2D eigenvalue weighted by molar-refractivity contribution is -0.122. The zero-order chi connectivity index (χ0) is 15.4. The topological polar surface area (TPSA) is 102 Å². The van der Waals surface area contributed by atoms with Crippen LogP contribution < -0.4 is 10.6 Å². The third-order valence-electron chi connectivity index (χ3n) is 3.28. The Labute approximate surface area is 126 Å². The minimum absolute atomic E-state index is 0.0332. The molecular formula is C14H16N6O2. The Balaban J connectivity index is 1.47. The van der Waals surface area contributed by atoms with Crippen molar-refractivity contribution in [1.82, 2.24) is 25.3 Å². The summed E-state index contributed by atoms with van der Waals surface area (Å²) in [6.07, 6.45) is 6.75. The largest absolute Gasteiger partial charge is 0.350 e. The first kappa shape index (κ1) is 14.2. The highest BCUT2D eigenvalue weighted by Gasteiger charge is 2.30. The molecule has 114 valence electrons. The number of hydrogen-bond acceptors (Lipinski definition) is 5. The molecule has 0 saturated heterocycles. The smallest absolute Gasteiger partial charge is 0.242 e. The summed E-state index contributed by atoms with van der Waals surface area (Å²) in [6.45, 7) is 0.485. The molecule has 0 radical (unpaired) electrons. The van der Waals surface area contributed by atoms with E-state index in [-0.39, 0.29) is 24.3 Å². The SMILES string of the molecule is O=C(Cn1cc(NC(=O)C2CC2)nn1)NCc1ccncc1. The van der Waals surface area contributed by atoms with Crippen LogP contribution in [0.3, 0.4) is 0 Å². The lowest BCUT2D eigenvalue weighted by atomic mass is 10.3. The van der Waals surface area contributed by atoms with E-state index in [2.05, 4.69) is 25.9 Å². The number of carbonyl (C=O) groups excluding carboxylic acids is 2. The van der Waals surface area contributed by atoms with Gasteiger partial charge in [-0.1, -0.05) is 5.21 Å². The molecule has 0 aliphatic heterocycles. The van der Waals surface area contributed by atoms with Crippen LogP contribution in [0.4, 0.5) is 5.82 Å². The van der Waals surface area contributed by atoms with Gasteiger partial charge in [0.15, 0.2) is 5.82 Å². The van der Waals surface area contributed by atoms with E-state index in [1.54, 1.807) is 18.6 Å². The molecule has 0 spiro atoms. The first-order chi connectivity index (χ1) is 10.7. The number of rotatable bonds is 6. The molecule has 0 aromatic carbocycles. The zero-order valence-electron chi connectivity index (χ0n) is 11.9. The highest BCUT2D eigenvalue weighted by atomic mass is 16.2. The monoisotopic (exact) mass is 300 g/mol. The van der Waals surface area contributed by atoms with Crippen molar-refractivity contribution in [2.24, 2.45) is 5.92 Å². The van der Waals surface area contributed by atoms with Gasteiger partial charge in [-0.3, -0.25) is 14.6 Å². The molecule has 0 atom stereocenters. The van der Waals surface area contributed by atoms with Crippen LogP contribution in [-0.2, 0) is 22.7 Å². The fourth-order valence-corrected chi connectivity index (χ4v) is 1.91. The number of pyridine rings is 1. The first-order valence-corrected chi connectivity index (χ1v) is 7.07. The van der Waals surface area contributed by atoms with Crippen molar-refractivity contribution in [3.05, 3.63) is 36.3 Å². The van der Waals surface area contributed by atoms with Gasteiger partial charge in [0.05, 0.1) is 6.20 Å². The average molecular weight is 300 g/mol. The molecule has 1 fully saturated rings. The Morgan fingerprint density at radius 1 is 1.27 bits per heavy atom. The van der Waals surface area contributed by atoms with Gasteiger partial charge < -0.3 is 10.6 Å². The Morgan fingerprint density at radius 3 is 2.77 bits per heavy atom. The third kappa shape index (κ3) is 3.87. The van der Waals surface area contributed by atoms with E-state index in [0.717, 1.165) is 18.4 Å². The van der Waals surface area contributed by atoms with E-state index < -0.39 is 0 Å². The maximum Gasteiger partial charge on any atom is 0.242 e. The lowest BCUT2D eigenvalue weighted by Gasteiger charge is -2.04. The highest BCUT2D eigenvalue weighted by Crippen LogP contribution is 2.29. The van der Waals surface area contributed by atoms with Crippen molar-refractivity contribution in [3.8, 4) is 0 Å². The van der Waals surface area contributed by atoms with Gasteiger partial charge in [0.2, 0.25) is 11.8 Å². The molecule has 1 aliphatic rings. The second-order valence-electron chi connectivity index (χ2n) is 5.20. The van der Waals surface area contributed by atoms with Crippen LogP contribution in [0.2, 0.25) is 0 Å². The molecule has 2 amide bonds. The molecule has 2 N–H and O–H groups in total. The lowest BCUT2D eigenvalue weighted by Crippen LogP contribution is -2.27. The maximum absolute atomic E-state index is 11.8. The van der Waals surface area contributed by atoms with Gasteiger partial charge in [-0.15, -0.1) is 5.10 Å². The minimum Gasteiger partial charge on any atom is -0.350 e. The molecule has 2 aromatic rings. The van der Waals surface area contributed by atoms with Crippen molar-refractivity contribution in [1.29, 1.82) is 0 Å². The Morgan fingerprint density at radius 2 is 2.05 bits per heavy atom. The summed E-state index contributed by atoms with van der Waals surface area (Å²) in [5.74, 6) is 0.267. The molecule has 0 unspecified atom stereocenters. The molecule has 22 heavy (non-hydrogen) atoms. The van der Waals surface area contributed by atoms with Gasteiger partial charge in [0.1, 0.15) is 6.54 Å². The van der Waals surface area contributed by atoms with Gasteiger partial charge in [0.25, 0.3) is 0 Å². The van der Waals surface area contributed by atoms with E-state index in [1.807, 2.05) is 12.1 Å². The van der Waals surface area contributed by atoms with E-state index in [0.29, 0.717) is 12.4 Å². The second-order valence-corrected chi connectivity index (χ2v) is 5.20. The quantitative estimate of drug-likeness (QED) is 0.801. The first-order valence-electron chi connectivity index (χ1n) is 7.07. The number of nitrogens with one attached hydrogen (secondary N) is 2. The Bertz CT molecular complexity index is 665. The fraction of sp³-hybridized carbons (Fsp3) is 0.357. The van der Waals surface area contributed by atoms with Crippen LogP contribution in [0.1, 0.15) is 18.4 Å². The van der Waals surface area contributed by atoms with Crippen LogP contribution in [0.15, 0.2) is 30.7 Å². The third-order valence-corrected chi connectivity index (χ3v) is 3.28. The molecule has 8 heteroatoms. The minimum atomic E-state index is -0.179. The summed E-state index contributed by atoms with van der Waals surface area (Å²) in [4.78, 5) is 27.3. The van der Waals surface area contributed by atoms with Crippen LogP contribution >= 0.6 is 0 Å². The summed E-state index contributed by atoms with van der Waals surface area (Å²) in [5, 5.41) is 13.1. The predicted octanol–water partition coefficient (Wildman–Crippen LogP) is 0.338. The number of amides is 2. The number of anilines is 1. The molecule has 3 rings (SSSR count). The van der Waals surface area contributed by atoms with Crippen molar-refractivity contribution < 1.29 is 9.59 Å². The summed E-state index contributed by atoms with van der Waals surface area (Å²) >= 11 is 0. The summed E-state index contributed by atoms with van der Waals surface area (Å²) in [7, 11) is 0. The number of carbonyl (C=O) groups is 2. The van der Waals surface area contributed by atoms with Crippen LogP contribution in [-0.4, -0.2) is 31.8 Å². The molecule has 1 saturated carbocycles. The maximum atomic E-state index is 11.8. The normalized spacial score (nSPS) is 13.6. The molecule has 2 heterocycles. The van der Waals surface area contributed by atoms with E-state index in [1.165, 1.54) is 4.68 Å². The van der Waals surface area contributed by atoms with Gasteiger partial charge >= 0.3 is 0 Å². The van der Waals surface area contributed by atoms with Gasteiger partial charge in [-0.25, -0.2) is 4.68 Å². The van der Waals surface area contributed by atoms with Crippen molar-refractivity contribution in [2.75, 3.05) is 5.32 Å². The van der Waals surface area contributed by atoms with Gasteiger partial charge in [-0.2, -0.15) is 0 Å². The zero-order valence-corrected chi connectivity index (χ0v) is 11.9. The van der Waals surface area contributed by atoms with Crippen LogP contribution in [0.5, 0.6) is 0 Å². The number of aromatic nitrogens is 4. The summed E-state index contributed by atoms with van der Waals surface area (Å²) in [6, 6.07) is 3.67. The molecule has 0 bridgehead atoms. The molecular weight excluding hydrogens is 284 g/mol.